The van der Waals surface area contributed by atoms with E-state index in [0.29, 0.717) is 6.54 Å². The number of likely N-dealkylation sites (tertiary alicyclic amines) is 1. The van der Waals surface area contributed by atoms with Crippen molar-refractivity contribution < 1.29 is 8.42 Å². The molecular formula is C10H21ClN2O2S. The molecule has 1 aliphatic rings. The van der Waals surface area contributed by atoms with Gasteiger partial charge in [0.05, 0.1) is 5.75 Å². The van der Waals surface area contributed by atoms with Gasteiger partial charge in [0.15, 0.2) is 0 Å². The van der Waals surface area contributed by atoms with Crippen LogP contribution < -0.4 is 4.72 Å². The van der Waals surface area contributed by atoms with Crippen molar-refractivity contribution >= 4 is 21.6 Å². The average molecular weight is 269 g/mol. The molecule has 0 spiro atoms. The fraction of sp³-hybridized carbons (Fsp3) is 1.00. The minimum absolute atomic E-state index is 0.00849. The standard InChI is InChI=1S/C10H21ClN2O2S/c11-5-10-16(14,15)12-6-9-13-7-3-1-2-4-8-13/h12H,1-10H2. The Kier molecular flexibility index (Phi) is 6.65. The topological polar surface area (TPSA) is 49.4 Å². The van der Waals surface area contributed by atoms with Gasteiger partial charge in [0.1, 0.15) is 0 Å². The van der Waals surface area contributed by atoms with Crippen LogP contribution in [-0.4, -0.2) is 51.1 Å². The second-order valence-corrected chi connectivity index (χ2v) is 6.46. The quantitative estimate of drug-likeness (QED) is 0.732. The van der Waals surface area contributed by atoms with Gasteiger partial charge in [-0.15, -0.1) is 11.6 Å². The van der Waals surface area contributed by atoms with Crippen molar-refractivity contribution in [1.82, 2.24) is 9.62 Å². The summed E-state index contributed by atoms with van der Waals surface area (Å²) in [7, 11) is -3.15. The third kappa shape index (κ3) is 6.03. The molecule has 0 saturated carbocycles. The van der Waals surface area contributed by atoms with Gasteiger partial charge in [-0.25, -0.2) is 13.1 Å². The lowest BCUT2D eigenvalue weighted by atomic mass is 10.2. The SMILES string of the molecule is O=S(=O)(CCCl)NCCN1CCCCCC1. The first-order chi connectivity index (χ1) is 7.64. The molecule has 16 heavy (non-hydrogen) atoms. The molecular weight excluding hydrogens is 248 g/mol. The minimum atomic E-state index is -3.15. The summed E-state index contributed by atoms with van der Waals surface area (Å²) in [6, 6.07) is 0. The summed E-state index contributed by atoms with van der Waals surface area (Å²) in [6.07, 6.45) is 5.06. The molecule has 0 amide bonds. The van der Waals surface area contributed by atoms with Crippen LogP contribution in [0.4, 0.5) is 0 Å². The zero-order valence-electron chi connectivity index (χ0n) is 9.62. The predicted molar refractivity (Wildman–Crippen MR) is 67.4 cm³/mol. The Balaban J connectivity index is 2.18. The smallest absolute Gasteiger partial charge is 0.212 e. The van der Waals surface area contributed by atoms with Crippen molar-refractivity contribution in [3.63, 3.8) is 0 Å². The lowest BCUT2D eigenvalue weighted by Crippen LogP contribution is -2.36. The van der Waals surface area contributed by atoms with Crippen molar-refractivity contribution in [2.75, 3.05) is 37.8 Å². The van der Waals surface area contributed by atoms with Gasteiger partial charge in [0.2, 0.25) is 10.0 Å². The summed E-state index contributed by atoms with van der Waals surface area (Å²) in [4.78, 5) is 2.33. The van der Waals surface area contributed by atoms with Crippen LogP contribution in [0.15, 0.2) is 0 Å². The van der Waals surface area contributed by atoms with Crippen molar-refractivity contribution in [1.29, 1.82) is 0 Å². The molecule has 0 aromatic carbocycles. The summed E-state index contributed by atoms with van der Waals surface area (Å²) in [5.41, 5.74) is 0. The number of halogens is 1. The molecule has 1 saturated heterocycles. The normalized spacial score (nSPS) is 19.6. The lowest BCUT2D eigenvalue weighted by Gasteiger charge is -2.19. The van der Waals surface area contributed by atoms with Gasteiger partial charge in [-0.05, 0) is 25.9 Å². The summed E-state index contributed by atoms with van der Waals surface area (Å²) >= 11 is 5.41. The van der Waals surface area contributed by atoms with Gasteiger partial charge >= 0.3 is 0 Å². The number of rotatable bonds is 6. The molecule has 0 radical (unpaired) electrons. The predicted octanol–water partition coefficient (Wildman–Crippen LogP) is 1.02. The molecule has 1 N–H and O–H groups in total. The molecule has 0 unspecified atom stereocenters. The Morgan fingerprint density at radius 1 is 1.12 bits per heavy atom. The second-order valence-electron chi connectivity index (χ2n) is 4.16. The third-order valence-corrected chi connectivity index (χ3v) is 4.59. The first-order valence-electron chi connectivity index (χ1n) is 5.90. The highest BCUT2D eigenvalue weighted by Gasteiger charge is 2.11. The van der Waals surface area contributed by atoms with Crippen LogP contribution in [0.1, 0.15) is 25.7 Å². The van der Waals surface area contributed by atoms with E-state index < -0.39 is 10.0 Å². The van der Waals surface area contributed by atoms with Crippen molar-refractivity contribution in [2.24, 2.45) is 0 Å². The Bertz CT molecular complexity index is 275. The van der Waals surface area contributed by atoms with E-state index in [2.05, 4.69) is 9.62 Å². The molecule has 96 valence electrons. The molecule has 0 aliphatic carbocycles. The number of nitrogens with zero attached hydrogens (tertiary/aromatic N) is 1. The average Bonchev–Trinajstić information content (AvgIpc) is 2.46. The maximum Gasteiger partial charge on any atom is 0.212 e. The highest BCUT2D eigenvalue weighted by atomic mass is 35.5. The maximum absolute atomic E-state index is 11.3. The first-order valence-corrected chi connectivity index (χ1v) is 8.08. The van der Waals surface area contributed by atoms with Gasteiger partial charge in [-0.3, -0.25) is 0 Å². The number of sulfonamides is 1. The molecule has 4 nitrogen and oxygen atoms in total. The Morgan fingerprint density at radius 2 is 1.75 bits per heavy atom. The van der Waals surface area contributed by atoms with E-state index in [1.807, 2.05) is 0 Å². The molecule has 1 aliphatic heterocycles. The number of hydrogen-bond donors (Lipinski definition) is 1. The van der Waals surface area contributed by atoms with Gasteiger partial charge in [0, 0.05) is 19.0 Å². The minimum Gasteiger partial charge on any atom is -0.302 e. The third-order valence-electron chi connectivity index (χ3n) is 2.79. The Morgan fingerprint density at radius 3 is 2.31 bits per heavy atom. The van der Waals surface area contributed by atoms with Gasteiger partial charge in [-0.1, -0.05) is 12.8 Å². The summed E-state index contributed by atoms with van der Waals surface area (Å²) in [6.45, 7) is 3.50. The lowest BCUT2D eigenvalue weighted by molar-refractivity contribution is 0.290. The fourth-order valence-electron chi connectivity index (χ4n) is 1.89. The van der Waals surface area contributed by atoms with Crippen LogP contribution >= 0.6 is 11.6 Å². The molecule has 1 rings (SSSR count). The van der Waals surface area contributed by atoms with E-state index in [-0.39, 0.29) is 11.6 Å². The number of hydrogen-bond acceptors (Lipinski definition) is 3. The summed E-state index contributed by atoms with van der Waals surface area (Å²) in [5, 5.41) is 0. The Labute approximate surface area is 103 Å². The van der Waals surface area contributed by atoms with Gasteiger partial charge in [0.25, 0.3) is 0 Å². The number of alkyl halides is 1. The molecule has 0 bridgehead atoms. The van der Waals surface area contributed by atoms with E-state index in [4.69, 9.17) is 11.6 Å². The van der Waals surface area contributed by atoms with Crippen LogP contribution in [0, 0.1) is 0 Å². The van der Waals surface area contributed by atoms with E-state index >= 15 is 0 Å². The van der Waals surface area contributed by atoms with Gasteiger partial charge in [-0.2, -0.15) is 0 Å². The summed E-state index contributed by atoms with van der Waals surface area (Å²) < 4.78 is 25.2. The zero-order valence-corrected chi connectivity index (χ0v) is 11.2. The van der Waals surface area contributed by atoms with E-state index in [0.717, 1.165) is 19.6 Å². The van der Waals surface area contributed by atoms with Crippen LogP contribution in [0.2, 0.25) is 0 Å². The highest BCUT2D eigenvalue weighted by molar-refractivity contribution is 7.89. The molecule has 0 aromatic rings. The van der Waals surface area contributed by atoms with Crippen LogP contribution in [0.5, 0.6) is 0 Å². The van der Waals surface area contributed by atoms with Crippen molar-refractivity contribution in [3.05, 3.63) is 0 Å². The molecule has 0 atom stereocenters. The molecule has 0 aromatic heterocycles. The number of nitrogens with one attached hydrogen (secondary N) is 1. The highest BCUT2D eigenvalue weighted by Crippen LogP contribution is 2.08. The fourth-order valence-corrected chi connectivity index (χ4v) is 3.25. The maximum atomic E-state index is 11.3. The summed E-state index contributed by atoms with van der Waals surface area (Å²) in [5.74, 6) is 0.160. The molecule has 1 fully saturated rings. The largest absolute Gasteiger partial charge is 0.302 e. The van der Waals surface area contributed by atoms with Crippen molar-refractivity contribution in [2.45, 2.75) is 25.7 Å². The zero-order chi connectivity index (χ0) is 11.9. The van der Waals surface area contributed by atoms with Crippen molar-refractivity contribution in [3.8, 4) is 0 Å². The van der Waals surface area contributed by atoms with Crippen LogP contribution in [0.3, 0.4) is 0 Å². The van der Waals surface area contributed by atoms with E-state index in [1.165, 1.54) is 25.7 Å². The van der Waals surface area contributed by atoms with E-state index in [1.54, 1.807) is 0 Å². The monoisotopic (exact) mass is 268 g/mol. The second kappa shape index (κ2) is 7.48. The first kappa shape index (κ1) is 14.2. The molecule has 6 heteroatoms. The molecule has 1 heterocycles. The van der Waals surface area contributed by atoms with Crippen LogP contribution in [0.25, 0.3) is 0 Å². The van der Waals surface area contributed by atoms with Gasteiger partial charge < -0.3 is 4.90 Å². The van der Waals surface area contributed by atoms with Crippen LogP contribution in [-0.2, 0) is 10.0 Å². The van der Waals surface area contributed by atoms with E-state index in [9.17, 15) is 8.42 Å². The Hall–Kier alpha value is 0.160.